The minimum Gasteiger partial charge on any atom is -0.480 e. The Labute approximate surface area is 138 Å². The second-order valence-corrected chi connectivity index (χ2v) is 5.79. The summed E-state index contributed by atoms with van der Waals surface area (Å²) in [5, 5.41) is 11.3. The highest BCUT2D eigenvalue weighted by Crippen LogP contribution is 2.33. The van der Waals surface area contributed by atoms with Crippen LogP contribution < -0.4 is 14.8 Å². The summed E-state index contributed by atoms with van der Waals surface area (Å²) in [5.74, 6) is -0.765. The van der Waals surface area contributed by atoms with Crippen LogP contribution in [-0.4, -0.2) is 53.2 Å². The van der Waals surface area contributed by atoms with Crippen molar-refractivity contribution >= 4 is 17.8 Å². The summed E-state index contributed by atoms with van der Waals surface area (Å²) in [6, 6.07) is 3.22. The lowest BCUT2D eigenvalue weighted by Crippen LogP contribution is -2.50. The molecule has 2 atom stereocenters. The first-order valence-electron chi connectivity index (χ1n) is 7.71. The highest BCUT2D eigenvalue weighted by molar-refractivity contribution is 5.99. The summed E-state index contributed by atoms with van der Waals surface area (Å²) in [4.78, 5) is 37.3. The third-order valence-corrected chi connectivity index (χ3v) is 4.17. The number of likely N-dealkylation sites (tertiary alicyclic amines) is 1. The summed E-state index contributed by atoms with van der Waals surface area (Å²) >= 11 is 0. The van der Waals surface area contributed by atoms with Crippen molar-refractivity contribution in [3.8, 4) is 11.5 Å². The van der Waals surface area contributed by atoms with Gasteiger partial charge in [0, 0.05) is 12.1 Å². The number of nitrogens with one attached hydrogen (secondary N) is 1. The number of benzene rings is 1. The lowest BCUT2D eigenvalue weighted by molar-refractivity contribution is -0.141. The lowest BCUT2D eigenvalue weighted by atomic mass is 10.1. The maximum Gasteiger partial charge on any atom is 0.325 e. The number of rotatable bonds is 4. The fourth-order valence-corrected chi connectivity index (χ4v) is 2.85. The largest absolute Gasteiger partial charge is 0.480 e. The Hall–Kier alpha value is -2.77. The van der Waals surface area contributed by atoms with Gasteiger partial charge in [0.15, 0.2) is 11.5 Å². The zero-order valence-corrected chi connectivity index (χ0v) is 13.2. The standard InChI is InChI=1S/C16H18N2O6/c1-9(16(21)22)17-14(19)11-3-2-6-18(11)15(20)10-4-5-12-13(7-10)24-8-23-12/h4-5,7,9,11H,2-3,6,8H2,1H3,(H,17,19)(H,21,22)/t9-,11?/m1/s1. The van der Waals surface area contributed by atoms with Gasteiger partial charge in [-0.2, -0.15) is 0 Å². The van der Waals surface area contributed by atoms with E-state index in [2.05, 4.69) is 5.32 Å². The second-order valence-electron chi connectivity index (χ2n) is 5.79. The summed E-state index contributed by atoms with van der Waals surface area (Å²) in [5.41, 5.74) is 0.408. The highest BCUT2D eigenvalue weighted by atomic mass is 16.7. The maximum absolute atomic E-state index is 12.7. The van der Waals surface area contributed by atoms with Gasteiger partial charge in [-0.1, -0.05) is 0 Å². The summed E-state index contributed by atoms with van der Waals surface area (Å²) < 4.78 is 10.5. The first kappa shape index (κ1) is 16.1. The predicted octanol–water partition coefficient (Wildman–Crippen LogP) is 0.609. The molecular weight excluding hydrogens is 316 g/mol. The minimum absolute atomic E-state index is 0.120. The van der Waals surface area contributed by atoms with E-state index in [1.165, 1.54) is 11.8 Å². The van der Waals surface area contributed by atoms with Gasteiger partial charge in [-0.25, -0.2) is 0 Å². The number of carboxylic acids is 1. The molecule has 0 radical (unpaired) electrons. The van der Waals surface area contributed by atoms with Gasteiger partial charge >= 0.3 is 5.97 Å². The van der Waals surface area contributed by atoms with E-state index in [1.807, 2.05) is 0 Å². The quantitative estimate of drug-likeness (QED) is 0.836. The van der Waals surface area contributed by atoms with Crippen molar-refractivity contribution in [2.45, 2.75) is 31.8 Å². The molecule has 0 aromatic heterocycles. The molecule has 24 heavy (non-hydrogen) atoms. The lowest BCUT2D eigenvalue weighted by Gasteiger charge is -2.25. The van der Waals surface area contributed by atoms with E-state index in [-0.39, 0.29) is 12.7 Å². The van der Waals surface area contributed by atoms with Crippen LogP contribution >= 0.6 is 0 Å². The number of aliphatic carboxylic acids is 1. The Morgan fingerprint density at radius 3 is 2.79 bits per heavy atom. The van der Waals surface area contributed by atoms with Crippen LogP contribution in [-0.2, 0) is 9.59 Å². The average Bonchev–Trinajstić information content (AvgIpc) is 3.22. The van der Waals surface area contributed by atoms with Gasteiger partial charge in [-0.05, 0) is 38.0 Å². The predicted molar refractivity (Wildman–Crippen MR) is 81.9 cm³/mol. The molecule has 3 rings (SSSR count). The zero-order valence-electron chi connectivity index (χ0n) is 13.2. The van der Waals surface area contributed by atoms with Crippen LogP contribution in [0.3, 0.4) is 0 Å². The van der Waals surface area contributed by atoms with Crippen molar-refractivity contribution in [1.82, 2.24) is 10.2 Å². The summed E-state index contributed by atoms with van der Waals surface area (Å²) in [6.07, 6.45) is 1.20. The van der Waals surface area contributed by atoms with Gasteiger partial charge in [0.2, 0.25) is 12.7 Å². The number of carbonyl (C=O) groups excluding carboxylic acids is 2. The van der Waals surface area contributed by atoms with Crippen LogP contribution in [0, 0.1) is 0 Å². The molecule has 8 nitrogen and oxygen atoms in total. The van der Waals surface area contributed by atoms with Crippen LogP contribution in [0.15, 0.2) is 18.2 Å². The van der Waals surface area contributed by atoms with E-state index in [1.54, 1.807) is 18.2 Å². The number of amides is 2. The molecule has 8 heteroatoms. The molecule has 1 fully saturated rings. The number of hydrogen-bond donors (Lipinski definition) is 2. The molecule has 0 saturated carbocycles. The van der Waals surface area contributed by atoms with E-state index in [0.29, 0.717) is 36.4 Å². The van der Waals surface area contributed by atoms with Crippen LogP contribution in [0.25, 0.3) is 0 Å². The van der Waals surface area contributed by atoms with Crippen molar-refractivity contribution in [1.29, 1.82) is 0 Å². The van der Waals surface area contributed by atoms with Crippen molar-refractivity contribution in [2.75, 3.05) is 13.3 Å². The van der Waals surface area contributed by atoms with E-state index in [4.69, 9.17) is 14.6 Å². The van der Waals surface area contributed by atoms with Gasteiger partial charge in [-0.3, -0.25) is 14.4 Å². The number of nitrogens with zero attached hydrogens (tertiary/aromatic N) is 1. The van der Waals surface area contributed by atoms with Gasteiger partial charge in [-0.15, -0.1) is 0 Å². The summed E-state index contributed by atoms with van der Waals surface area (Å²) in [7, 11) is 0. The number of fused-ring (bicyclic) bond motifs is 1. The molecular formula is C16H18N2O6. The van der Waals surface area contributed by atoms with Crippen LogP contribution in [0.5, 0.6) is 11.5 Å². The smallest absolute Gasteiger partial charge is 0.325 e. The molecule has 0 spiro atoms. The monoisotopic (exact) mass is 334 g/mol. The molecule has 1 unspecified atom stereocenters. The van der Waals surface area contributed by atoms with E-state index in [9.17, 15) is 14.4 Å². The van der Waals surface area contributed by atoms with Gasteiger partial charge in [0.05, 0.1) is 0 Å². The molecule has 2 aliphatic rings. The summed E-state index contributed by atoms with van der Waals surface area (Å²) in [6.45, 7) is 1.96. The molecule has 128 valence electrons. The van der Waals surface area contributed by atoms with E-state index in [0.717, 1.165) is 0 Å². The molecule has 2 N–H and O–H groups in total. The van der Waals surface area contributed by atoms with Crippen molar-refractivity contribution in [3.63, 3.8) is 0 Å². The minimum atomic E-state index is -1.12. The molecule has 1 aromatic carbocycles. The Balaban J connectivity index is 1.74. The van der Waals surface area contributed by atoms with Gasteiger partial charge in [0.1, 0.15) is 12.1 Å². The third-order valence-electron chi connectivity index (χ3n) is 4.17. The molecule has 2 amide bonds. The van der Waals surface area contributed by atoms with Crippen LogP contribution in [0.1, 0.15) is 30.1 Å². The Bertz CT molecular complexity index is 689. The average molecular weight is 334 g/mol. The van der Waals surface area contributed by atoms with Gasteiger partial charge < -0.3 is 24.8 Å². The highest BCUT2D eigenvalue weighted by Gasteiger charge is 2.36. The SMILES string of the molecule is C[C@@H](NC(=O)C1CCCN1C(=O)c1ccc2c(c1)OCO2)C(=O)O. The Morgan fingerprint density at radius 1 is 1.29 bits per heavy atom. The molecule has 2 aliphatic heterocycles. The Morgan fingerprint density at radius 2 is 2.04 bits per heavy atom. The molecule has 0 aliphatic carbocycles. The molecule has 1 saturated heterocycles. The van der Waals surface area contributed by atoms with E-state index >= 15 is 0 Å². The number of carbonyl (C=O) groups is 3. The van der Waals surface area contributed by atoms with Crippen molar-refractivity contribution in [3.05, 3.63) is 23.8 Å². The molecule has 1 aromatic rings. The van der Waals surface area contributed by atoms with Crippen LogP contribution in [0.2, 0.25) is 0 Å². The van der Waals surface area contributed by atoms with Gasteiger partial charge in [0.25, 0.3) is 5.91 Å². The first-order valence-corrected chi connectivity index (χ1v) is 7.71. The second kappa shape index (κ2) is 6.38. The fourth-order valence-electron chi connectivity index (χ4n) is 2.85. The number of ether oxygens (including phenoxy) is 2. The van der Waals surface area contributed by atoms with E-state index < -0.39 is 24.0 Å². The Kier molecular flexibility index (Phi) is 4.28. The normalized spacial score (nSPS) is 19.9. The molecule has 0 bridgehead atoms. The number of carboxylic acid groups (broad SMARTS) is 1. The van der Waals surface area contributed by atoms with Crippen molar-refractivity contribution < 1.29 is 29.0 Å². The third kappa shape index (κ3) is 2.99. The number of hydrogen-bond acceptors (Lipinski definition) is 5. The van der Waals surface area contributed by atoms with Crippen LogP contribution in [0.4, 0.5) is 0 Å². The molecule has 2 heterocycles. The zero-order chi connectivity index (χ0) is 17.3. The maximum atomic E-state index is 12.7. The fraction of sp³-hybridized carbons (Fsp3) is 0.438. The topological polar surface area (TPSA) is 105 Å². The first-order chi connectivity index (χ1) is 11.5. The van der Waals surface area contributed by atoms with Crippen molar-refractivity contribution in [2.24, 2.45) is 0 Å².